The van der Waals surface area contributed by atoms with Crippen LogP contribution < -0.4 is 10.9 Å². The number of aromatic nitrogens is 2. The third-order valence-corrected chi connectivity index (χ3v) is 6.56. The Morgan fingerprint density at radius 3 is 2.73 bits per heavy atom. The van der Waals surface area contributed by atoms with Crippen LogP contribution in [0.15, 0.2) is 45.0 Å². The van der Waals surface area contributed by atoms with Crippen LogP contribution in [0.5, 0.6) is 0 Å². The summed E-state index contributed by atoms with van der Waals surface area (Å²) in [6, 6.07) is 6.40. The summed E-state index contributed by atoms with van der Waals surface area (Å²) in [4.78, 5) is 12.7. The molecule has 0 saturated carbocycles. The lowest BCUT2D eigenvalue weighted by Crippen LogP contribution is -2.52. The van der Waals surface area contributed by atoms with Crippen molar-refractivity contribution in [3.63, 3.8) is 0 Å². The first kappa shape index (κ1) is 17.2. The first-order chi connectivity index (χ1) is 12.4. The van der Waals surface area contributed by atoms with Gasteiger partial charge in [0.05, 0.1) is 43.1 Å². The molecule has 9 nitrogen and oxygen atoms in total. The van der Waals surface area contributed by atoms with E-state index in [0.717, 1.165) is 4.68 Å². The zero-order valence-corrected chi connectivity index (χ0v) is 14.7. The number of para-hydroxylation sites is 1. The average Bonchev–Trinajstić information content (AvgIpc) is 2.62. The quantitative estimate of drug-likeness (QED) is 0.521. The Morgan fingerprint density at radius 2 is 1.96 bits per heavy atom. The van der Waals surface area contributed by atoms with E-state index in [2.05, 4.69) is 10.4 Å². The summed E-state index contributed by atoms with van der Waals surface area (Å²) in [5.41, 5.74) is -0.228. The lowest BCUT2D eigenvalue weighted by molar-refractivity contribution is -0.889. The molecule has 1 aromatic heterocycles. The van der Waals surface area contributed by atoms with Gasteiger partial charge >= 0.3 is 0 Å². The van der Waals surface area contributed by atoms with Crippen LogP contribution >= 0.6 is 0 Å². The normalized spacial score (nSPS) is 19.9. The predicted molar refractivity (Wildman–Crippen MR) is 92.7 cm³/mol. The fourth-order valence-electron chi connectivity index (χ4n) is 3.19. The zero-order valence-electron chi connectivity index (χ0n) is 13.9. The molecule has 0 aliphatic carbocycles. The molecule has 2 aromatic rings. The molecular weight excluding hydrogens is 360 g/mol. The minimum atomic E-state index is -3.81. The number of morpholine rings is 1. The average molecular weight is 378 g/mol. The van der Waals surface area contributed by atoms with E-state index in [0.29, 0.717) is 32.0 Å². The molecule has 3 heterocycles. The highest BCUT2D eigenvalue weighted by atomic mass is 32.2. The highest BCUT2D eigenvalue weighted by molar-refractivity contribution is 7.92. The third kappa shape index (κ3) is 2.80. The van der Waals surface area contributed by atoms with Gasteiger partial charge in [0.2, 0.25) is 9.84 Å². The number of hydrogen-bond donors (Lipinski definition) is 1. The Hall–Kier alpha value is -2.27. The van der Waals surface area contributed by atoms with Gasteiger partial charge in [-0.15, -0.1) is 0 Å². The zero-order chi connectivity index (χ0) is 18.4. The molecule has 0 radical (unpaired) electrons. The minimum absolute atomic E-state index is 0.0295. The molecular formula is C16H18N4O5S. The monoisotopic (exact) mass is 378 g/mol. The van der Waals surface area contributed by atoms with Crippen molar-refractivity contribution < 1.29 is 17.8 Å². The molecule has 2 aliphatic heterocycles. The molecule has 138 valence electrons. The topological polar surface area (TPSA) is 113 Å². The highest BCUT2D eigenvalue weighted by Crippen LogP contribution is 2.36. The van der Waals surface area contributed by atoms with Gasteiger partial charge in [0.15, 0.2) is 0 Å². The Balaban J connectivity index is 1.67. The maximum Gasteiger partial charge on any atom is 0.292 e. The van der Waals surface area contributed by atoms with E-state index in [1.165, 1.54) is 12.3 Å². The Kier molecular flexibility index (Phi) is 4.07. The van der Waals surface area contributed by atoms with Crippen LogP contribution in [0.2, 0.25) is 0 Å². The van der Waals surface area contributed by atoms with E-state index in [-0.39, 0.29) is 28.6 Å². The summed E-state index contributed by atoms with van der Waals surface area (Å²) >= 11 is 0. The molecule has 10 heteroatoms. The first-order valence-electron chi connectivity index (χ1n) is 8.27. The number of fused-ring (bicyclic) bond motifs is 2. The van der Waals surface area contributed by atoms with Crippen LogP contribution in [0.4, 0.5) is 11.4 Å². The van der Waals surface area contributed by atoms with E-state index in [1.807, 2.05) is 0 Å². The van der Waals surface area contributed by atoms with Crippen molar-refractivity contribution in [2.45, 2.75) is 16.3 Å². The standard InChI is InChI=1S/C16H18N4O5S/c21-16-15-14(26(23,24)13-4-2-1-3-12(13)18-15)11-17-19(16)5-6-20(22)7-9-25-10-8-20/h1-4,11,18H,5-10H2. The number of nitrogens with one attached hydrogen (secondary N) is 1. The minimum Gasteiger partial charge on any atom is -0.633 e. The Bertz CT molecular complexity index is 1010. The van der Waals surface area contributed by atoms with E-state index >= 15 is 0 Å². The molecule has 2 aliphatic rings. The number of hydrogen-bond acceptors (Lipinski definition) is 7. The molecule has 0 bridgehead atoms. The van der Waals surface area contributed by atoms with Crippen molar-refractivity contribution >= 4 is 21.2 Å². The van der Waals surface area contributed by atoms with Crippen molar-refractivity contribution in [3.8, 4) is 0 Å². The van der Waals surface area contributed by atoms with Gasteiger partial charge in [-0.1, -0.05) is 12.1 Å². The molecule has 1 N–H and O–H groups in total. The van der Waals surface area contributed by atoms with Crippen LogP contribution in [0, 0.1) is 5.21 Å². The number of nitrogens with zero attached hydrogens (tertiary/aromatic N) is 3. The van der Waals surface area contributed by atoms with Gasteiger partial charge in [-0.25, -0.2) is 13.1 Å². The van der Waals surface area contributed by atoms with E-state index < -0.39 is 20.0 Å². The smallest absolute Gasteiger partial charge is 0.292 e. The van der Waals surface area contributed by atoms with Gasteiger partial charge in [-0.05, 0) is 12.1 Å². The van der Waals surface area contributed by atoms with Crippen LogP contribution in [0.1, 0.15) is 0 Å². The van der Waals surface area contributed by atoms with Gasteiger partial charge in [-0.3, -0.25) is 4.79 Å². The number of ether oxygens (including phenoxy) is 1. The SMILES string of the molecule is O=c1c2c(cnn1CC[N+]1([O-])CCOCC1)S(=O)(=O)c1ccccc1N2. The van der Waals surface area contributed by atoms with Gasteiger partial charge in [0, 0.05) is 0 Å². The first-order valence-corrected chi connectivity index (χ1v) is 9.75. The van der Waals surface area contributed by atoms with Crippen molar-refractivity contribution in [1.82, 2.24) is 9.78 Å². The second-order valence-corrected chi connectivity index (χ2v) is 8.26. The molecule has 0 amide bonds. The maximum atomic E-state index is 12.7. The molecule has 4 rings (SSSR count). The van der Waals surface area contributed by atoms with Gasteiger partial charge in [-0.2, -0.15) is 5.10 Å². The number of rotatable bonds is 3. The number of anilines is 2. The molecule has 0 unspecified atom stereocenters. The lowest BCUT2D eigenvalue weighted by atomic mass is 10.3. The van der Waals surface area contributed by atoms with Crippen molar-refractivity contribution in [1.29, 1.82) is 0 Å². The summed E-state index contributed by atoms with van der Waals surface area (Å²) < 4.78 is 31.3. The molecule has 1 saturated heterocycles. The van der Waals surface area contributed by atoms with Gasteiger partial charge < -0.3 is 19.9 Å². The Labute approximate surface area is 149 Å². The van der Waals surface area contributed by atoms with Crippen molar-refractivity contribution in [2.24, 2.45) is 0 Å². The number of quaternary nitrogens is 1. The predicted octanol–water partition coefficient (Wildman–Crippen LogP) is 0.478. The lowest BCUT2D eigenvalue weighted by Gasteiger charge is -2.45. The number of benzene rings is 1. The van der Waals surface area contributed by atoms with E-state index in [9.17, 15) is 18.4 Å². The van der Waals surface area contributed by atoms with Crippen LogP contribution in [-0.4, -0.2) is 55.7 Å². The molecule has 1 aromatic carbocycles. The molecule has 26 heavy (non-hydrogen) atoms. The third-order valence-electron chi connectivity index (χ3n) is 4.74. The van der Waals surface area contributed by atoms with Crippen molar-refractivity contribution in [3.05, 3.63) is 46.0 Å². The molecule has 1 fully saturated rings. The van der Waals surface area contributed by atoms with Gasteiger partial charge in [0.25, 0.3) is 5.56 Å². The molecule has 0 spiro atoms. The second-order valence-electron chi connectivity index (χ2n) is 6.38. The Morgan fingerprint density at radius 1 is 1.23 bits per heavy atom. The molecule has 0 atom stereocenters. The summed E-state index contributed by atoms with van der Waals surface area (Å²) in [7, 11) is -3.81. The van der Waals surface area contributed by atoms with Crippen LogP contribution in [-0.2, 0) is 21.1 Å². The summed E-state index contributed by atoms with van der Waals surface area (Å²) in [5, 5.41) is 19.4. The summed E-state index contributed by atoms with van der Waals surface area (Å²) in [5.74, 6) is 0. The summed E-state index contributed by atoms with van der Waals surface area (Å²) in [6.45, 7) is 1.75. The van der Waals surface area contributed by atoms with Crippen LogP contribution in [0.25, 0.3) is 0 Å². The van der Waals surface area contributed by atoms with Gasteiger partial charge in [0.1, 0.15) is 23.7 Å². The maximum absolute atomic E-state index is 12.7. The number of hydroxylamine groups is 3. The van der Waals surface area contributed by atoms with E-state index in [1.54, 1.807) is 18.2 Å². The fraction of sp³-hybridized carbons (Fsp3) is 0.375. The van der Waals surface area contributed by atoms with Crippen LogP contribution in [0.3, 0.4) is 0 Å². The highest BCUT2D eigenvalue weighted by Gasteiger charge is 2.32. The second kappa shape index (κ2) is 6.16. The largest absolute Gasteiger partial charge is 0.633 e. The van der Waals surface area contributed by atoms with E-state index in [4.69, 9.17) is 4.74 Å². The van der Waals surface area contributed by atoms with Crippen molar-refractivity contribution in [2.75, 3.05) is 38.2 Å². The summed E-state index contributed by atoms with van der Waals surface area (Å²) in [6.07, 6.45) is 1.17. The fourth-order valence-corrected chi connectivity index (χ4v) is 4.68. The number of sulfone groups is 1.